The monoisotopic (exact) mass is 188 g/mol. The SMILES string of the molecule is CC(=O)Nc1cnc(Cl)cc1F. The molecule has 0 fully saturated rings. The van der Waals surface area contributed by atoms with Crippen molar-refractivity contribution in [2.45, 2.75) is 6.92 Å². The summed E-state index contributed by atoms with van der Waals surface area (Å²) in [6.45, 7) is 1.29. The second kappa shape index (κ2) is 3.49. The molecule has 0 unspecified atom stereocenters. The summed E-state index contributed by atoms with van der Waals surface area (Å²) in [5.74, 6) is -0.941. The number of carbonyl (C=O) groups excluding carboxylic acids is 1. The van der Waals surface area contributed by atoms with Gasteiger partial charge in [-0.2, -0.15) is 0 Å². The van der Waals surface area contributed by atoms with Crippen LogP contribution in [0.5, 0.6) is 0 Å². The quantitative estimate of drug-likeness (QED) is 0.684. The van der Waals surface area contributed by atoms with Crippen LogP contribution in [0.25, 0.3) is 0 Å². The predicted octanol–water partition coefficient (Wildman–Crippen LogP) is 1.83. The van der Waals surface area contributed by atoms with E-state index in [-0.39, 0.29) is 16.7 Å². The Labute approximate surface area is 73.6 Å². The van der Waals surface area contributed by atoms with Crippen molar-refractivity contribution in [3.05, 3.63) is 23.2 Å². The third-order valence-electron chi connectivity index (χ3n) is 1.13. The van der Waals surface area contributed by atoms with E-state index in [0.717, 1.165) is 6.07 Å². The maximum absolute atomic E-state index is 12.9. The van der Waals surface area contributed by atoms with Crippen LogP contribution in [0.4, 0.5) is 10.1 Å². The van der Waals surface area contributed by atoms with Crippen molar-refractivity contribution >= 4 is 23.2 Å². The zero-order chi connectivity index (χ0) is 9.14. The number of carbonyl (C=O) groups is 1. The molecule has 0 aliphatic carbocycles. The van der Waals surface area contributed by atoms with E-state index in [9.17, 15) is 9.18 Å². The summed E-state index contributed by atoms with van der Waals surface area (Å²) in [6.07, 6.45) is 1.17. The molecule has 1 aromatic heterocycles. The second-order valence-electron chi connectivity index (χ2n) is 2.17. The summed E-state index contributed by atoms with van der Waals surface area (Å²) in [7, 11) is 0. The number of nitrogens with one attached hydrogen (secondary N) is 1. The molecule has 1 rings (SSSR count). The summed E-state index contributed by atoms with van der Waals surface area (Å²) in [6, 6.07) is 1.03. The number of hydrogen-bond acceptors (Lipinski definition) is 2. The number of pyridine rings is 1. The number of aromatic nitrogens is 1. The van der Waals surface area contributed by atoms with Gasteiger partial charge in [-0.3, -0.25) is 4.79 Å². The average Bonchev–Trinajstić information content (AvgIpc) is 1.94. The highest BCUT2D eigenvalue weighted by Gasteiger charge is 2.04. The summed E-state index contributed by atoms with van der Waals surface area (Å²) in [5.41, 5.74) is 0.0342. The van der Waals surface area contributed by atoms with Gasteiger partial charge >= 0.3 is 0 Å². The molecule has 0 spiro atoms. The van der Waals surface area contributed by atoms with Crippen LogP contribution in [0, 0.1) is 5.82 Å². The summed E-state index contributed by atoms with van der Waals surface area (Å²) in [5, 5.41) is 2.32. The zero-order valence-electron chi connectivity index (χ0n) is 6.27. The zero-order valence-corrected chi connectivity index (χ0v) is 7.02. The number of hydrogen-bond donors (Lipinski definition) is 1. The molecule has 0 saturated carbocycles. The van der Waals surface area contributed by atoms with Crippen LogP contribution in [0.15, 0.2) is 12.3 Å². The van der Waals surface area contributed by atoms with Crippen LogP contribution < -0.4 is 5.32 Å². The predicted molar refractivity (Wildman–Crippen MR) is 43.5 cm³/mol. The highest BCUT2D eigenvalue weighted by molar-refractivity contribution is 6.29. The molecule has 1 heterocycles. The van der Waals surface area contributed by atoms with E-state index in [4.69, 9.17) is 11.6 Å². The maximum atomic E-state index is 12.9. The van der Waals surface area contributed by atoms with Gasteiger partial charge in [0.1, 0.15) is 5.15 Å². The van der Waals surface area contributed by atoms with Gasteiger partial charge in [-0.1, -0.05) is 11.6 Å². The first kappa shape index (κ1) is 8.93. The largest absolute Gasteiger partial charge is 0.323 e. The molecule has 0 aliphatic rings. The highest BCUT2D eigenvalue weighted by atomic mass is 35.5. The van der Waals surface area contributed by atoms with Crippen molar-refractivity contribution in [1.82, 2.24) is 4.98 Å². The number of anilines is 1. The van der Waals surface area contributed by atoms with Gasteiger partial charge in [0.05, 0.1) is 11.9 Å². The molecular formula is C7H6ClFN2O. The normalized spacial score (nSPS) is 9.58. The van der Waals surface area contributed by atoms with Crippen molar-refractivity contribution in [3.63, 3.8) is 0 Å². The van der Waals surface area contributed by atoms with Gasteiger partial charge in [-0.25, -0.2) is 9.37 Å². The molecule has 1 amide bonds. The second-order valence-corrected chi connectivity index (χ2v) is 2.56. The molecule has 0 saturated heterocycles. The fourth-order valence-electron chi connectivity index (χ4n) is 0.689. The van der Waals surface area contributed by atoms with Gasteiger partial charge in [-0.05, 0) is 0 Å². The molecule has 0 radical (unpaired) electrons. The minimum Gasteiger partial charge on any atom is -0.323 e. The Balaban J connectivity index is 2.93. The molecule has 1 N–H and O–H groups in total. The van der Waals surface area contributed by atoms with E-state index in [1.165, 1.54) is 13.1 Å². The first-order chi connectivity index (χ1) is 5.59. The van der Waals surface area contributed by atoms with Gasteiger partial charge in [-0.15, -0.1) is 0 Å². The van der Waals surface area contributed by atoms with Crippen molar-refractivity contribution in [2.75, 3.05) is 5.32 Å². The number of rotatable bonds is 1. The number of halogens is 2. The Hall–Kier alpha value is -1.16. The third-order valence-corrected chi connectivity index (χ3v) is 1.34. The van der Waals surface area contributed by atoms with Crippen LogP contribution in [-0.4, -0.2) is 10.9 Å². The molecule has 1 aromatic rings. The Morgan fingerprint density at radius 2 is 2.42 bits per heavy atom. The molecular weight excluding hydrogens is 183 g/mol. The van der Waals surface area contributed by atoms with Crippen LogP contribution in [0.3, 0.4) is 0 Å². The standard InChI is InChI=1S/C7H6ClFN2O/c1-4(12)11-6-3-10-7(8)2-5(6)9/h2-3H,1H3,(H,11,12). The molecule has 0 atom stereocenters. The highest BCUT2D eigenvalue weighted by Crippen LogP contribution is 2.15. The Morgan fingerprint density at radius 1 is 1.75 bits per heavy atom. The fraction of sp³-hybridized carbons (Fsp3) is 0.143. The van der Waals surface area contributed by atoms with E-state index in [1.54, 1.807) is 0 Å². The van der Waals surface area contributed by atoms with E-state index < -0.39 is 5.82 Å². The van der Waals surface area contributed by atoms with E-state index in [1.807, 2.05) is 0 Å². The van der Waals surface area contributed by atoms with Gasteiger partial charge in [0.25, 0.3) is 0 Å². The lowest BCUT2D eigenvalue weighted by molar-refractivity contribution is -0.114. The van der Waals surface area contributed by atoms with Crippen LogP contribution >= 0.6 is 11.6 Å². The van der Waals surface area contributed by atoms with E-state index >= 15 is 0 Å². The van der Waals surface area contributed by atoms with Gasteiger partial charge < -0.3 is 5.32 Å². The van der Waals surface area contributed by atoms with Crippen molar-refractivity contribution in [2.24, 2.45) is 0 Å². The average molecular weight is 189 g/mol. The molecule has 0 aromatic carbocycles. The van der Waals surface area contributed by atoms with Crippen LogP contribution in [0.1, 0.15) is 6.92 Å². The molecule has 5 heteroatoms. The lowest BCUT2D eigenvalue weighted by Crippen LogP contribution is -2.07. The lowest BCUT2D eigenvalue weighted by atomic mass is 10.4. The molecule has 12 heavy (non-hydrogen) atoms. The minimum absolute atomic E-state index is 0.0342. The van der Waals surface area contributed by atoms with Gasteiger partial charge in [0.2, 0.25) is 5.91 Å². The minimum atomic E-state index is -0.592. The first-order valence-corrected chi connectivity index (χ1v) is 3.56. The third kappa shape index (κ3) is 2.17. The number of nitrogens with zero attached hydrogens (tertiary/aromatic N) is 1. The van der Waals surface area contributed by atoms with Crippen LogP contribution in [-0.2, 0) is 4.79 Å². The molecule has 64 valence electrons. The van der Waals surface area contributed by atoms with E-state index in [2.05, 4.69) is 10.3 Å². The summed E-state index contributed by atoms with van der Waals surface area (Å²) >= 11 is 5.39. The van der Waals surface area contributed by atoms with Crippen molar-refractivity contribution in [3.8, 4) is 0 Å². The molecule has 0 aliphatic heterocycles. The Morgan fingerprint density at radius 3 is 2.92 bits per heavy atom. The lowest BCUT2D eigenvalue weighted by Gasteiger charge is -2.01. The Kier molecular flexibility index (Phi) is 2.60. The maximum Gasteiger partial charge on any atom is 0.221 e. The number of amides is 1. The first-order valence-electron chi connectivity index (χ1n) is 3.18. The van der Waals surface area contributed by atoms with Crippen LogP contribution in [0.2, 0.25) is 5.15 Å². The molecule has 3 nitrogen and oxygen atoms in total. The summed E-state index contributed by atoms with van der Waals surface area (Å²) in [4.78, 5) is 14.1. The topological polar surface area (TPSA) is 42.0 Å². The smallest absolute Gasteiger partial charge is 0.221 e. The Bertz CT molecular complexity index is 316. The van der Waals surface area contributed by atoms with Crippen molar-refractivity contribution in [1.29, 1.82) is 0 Å². The van der Waals surface area contributed by atoms with Gasteiger partial charge in [0, 0.05) is 13.0 Å². The summed E-state index contributed by atoms with van der Waals surface area (Å²) < 4.78 is 12.9. The fourth-order valence-corrected chi connectivity index (χ4v) is 0.834. The van der Waals surface area contributed by atoms with Gasteiger partial charge in [0.15, 0.2) is 5.82 Å². The van der Waals surface area contributed by atoms with Crippen molar-refractivity contribution < 1.29 is 9.18 Å². The molecule has 0 bridgehead atoms. The van der Waals surface area contributed by atoms with E-state index in [0.29, 0.717) is 0 Å².